The minimum Gasteiger partial charge on any atom is -0.376 e. The van der Waals surface area contributed by atoms with Crippen molar-refractivity contribution in [1.29, 1.82) is 0 Å². The van der Waals surface area contributed by atoms with Crippen LogP contribution in [0.15, 0.2) is 121 Å². The first kappa shape index (κ1) is 30.1. The fraction of sp³-hybridized carbons (Fsp3) is 0.300. The number of fused-ring (bicyclic) bond motifs is 1. The van der Waals surface area contributed by atoms with Crippen LogP contribution in [0.5, 0.6) is 0 Å². The highest BCUT2D eigenvalue weighted by Crippen LogP contribution is 2.38. The van der Waals surface area contributed by atoms with Crippen molar-refractivity contribution < 1.29 is 4.74 Å². The third-order valence-corrected chi connectivity index (χ3v) is 9.10. The van der Waals surface area contributed by atoms with E-state index >= 15 is 0 Å². The van der Waals surface area contributed by atoms with Gasteiger partial charge in [-0.1, -0.05) is 135 Å². The van der Waals surface area contributed by atoms with Gasteiger partial charge in [0.1, 0.15) is 0 Å². The molecule has 0 fully saturated rings. The van der Waals surface area contributed by atoms with E-state index in [4.69, 9.17) is 16.3 Å². The minimum atomic E-state index is 0.456. The van der Waals surface area contributed by atoms with E-state index in [0.29, 0.717) is 30.2 Å². The summed E-state index contributed by atoms with van der Waals surface area (Å²) in [5.41, 5.74) is 8.01. The molecule has 0 heterocycles. The second kappa shape index (κ2) is 15.2. The Labute approximate surface area is 257 Å². The number of hydrogen-bond donors (Lipinski definition) is 0. The molecule has 0 aliphatic carbocycles. The summed E-state index contributed by atoms with van der Waals surface area (Å²) in [5.74, 6) is 2.04. The maximum Gasteiger partial charge on any atom is 0.0717 e. The molecule has 3 unspecified atom stereocenters. The molecule has 3 atom stereocenters. The van der Waals surface area contributed by atoms with Crippen molar-refractivity contribution >= 4 is 22.4 Å². The Morgan fingerprint density at radius 3 is 2.00 bits per heavy atom. The normalized spacial score (nSPS) is 13.6. The lowest BCUT2D eigenvalue weighted by Crippen LogP contribution is -2.10. The predicted molar refractivity (Wildman–Crippen MR) is 180 cm³/mol. The van der Waals surface area contributed by atoms with Crippen LogP contribution in [0.2, 0.25) is 0 Å². The molecule has 5 rings (SSSR count). The Morgan fingerprint density at radius 1 is 0.619 bits per heavy atom. The van der Waals surface area contributed by atoms with Crippen molar-refractivity contribution in [2.45, 2.75) is 69.8 Å². The summed E-state index contributed by atoms with van der Waals surface area (Å²) >= 11 is 6.10. The van der Waals surface area contributed by atoms with Crippen LogP contribution >= 0.6 is 11.6 Å². The summed E-state index contributed by atoms with van der Waals surface area (Å²) in [7, 11) is 0. The van der Waals surface area contributed by atoms with Gasteiger partial charge >= 0.3 is 0 Å². The minimum absolute atomic E-state index is 0.456. The highest BCUT2D eigenvalue weighted by Gasteiger charge is 2.22. The molecule has 0 aromatic heterocycles. The van der Waals surface area contributed by atoms with Gasteiger partial charge in [-0.05, 0) is 87.6 Å². The van der Waals surface area contributed by atoms with E-state index in [2.05, 4.69) is 135 Å². The highest BCUT2D eigenvalue weighted by atomic mass is 35.5. The zero-order valence-corrected chi connectivity index (χ0v) is 25.8. The second-order valence-electron chi connectivity index (χ2n) is 11.6. The van der Waals surface area contributed by atoms with Gasteiger partial charge in [-0.3, -0.25) is 0 Å². The van der Waals surface area contributed by atoms with Gasteiger partial charge in [0.05, 0.1) is 13.2 Å². The molecule has 2 heteroatoms. The van der Waals surface area contributed by atoms with Gasteiger partial charge < -0.3 is 4.74 Å². The van der Waals surface area contributed by atoms with Gasteiger partial charge in [-0.2, -0.15) is 0 Å². The first-order valence-electron chi connectivity index (χ1n) is 15.5. The largest absolute Gasteiger partial charge is 0.376 e. The van der Waals surface area contributed by atoms with Crippen LogP contribution in [0.25, 0.3) is 10.8 Å². The molecule has 1 nitrogen and oxygen atoms in total. The lowest BCUT2D eigenvalue weighted by molar-refractivity contribution is 0.124. The number of alkyl halides is 1. The fourth-order valence-electron chi connectivity index (χ4n) is 6.24. The molecule has 0 radical (unpaired) electrons. The number of hydrogen-bond acceptors (Lipinski definition) is 1. The molecule has 42 heavy (non-hydrogen) atoms. The topological polar surface area (TPSA) is 9.23 Å². The smallest absolute Gasteiger partial charge is 0.0717 e. The van der Waals surface area contributed by atoms with Gasteiger partial charge in [0, 0.05) is 5.88 Å². The van der Waals surface area contributed by atoms with E-state index in [-0.39, 0.29) is 0 Å². The third kappa shape index (κ3) is 7.91. The fourth-order valence-corrected chi connectivity index (χ4v) is 6.42. The van der Waals surface area contributed by atoms with E-state index in [0.717, 1.165) is 32.3 Å². The Morgan fingerprint density at radius 2 is 1.26 bits per heavy atom. The Kier molecular flexibility index (Phi) is 10.9. The van der Waals surface area contributed by atoms with Gasteiger partial charge in [-0.15, -0.1) is 11.6 Å². The molecule has 0 spiro atoms. The van der Waals surface area contributed by atoms with Crippen molar-refractivity contribution in [1.82, 2.24) is 0 Å². The average molecular weight is 575 g/mol. The van der Waals surface area contributed by atoms with E-state index in [1.165, 1.54) is 44.2 Å². The van der Waals surface area contributed by atoms with Crippen molar-refractivity contribution in [3.63, 3.8) is 0 Å². The van der Waals surface area contributed by atoms with Crippen molar-refractivity contribution in [2.75, 3.05) is 6.61 Å². The van der Waals surface area contributed by atoms with E-state index in [1.807, 2.05) is 0 Å². The van der Waals surface area contributed by atoms with Gasteiger partial charge in [0.15, 0.2) is 0 Å². The van der Waals surface area contributed by atoms with E-state index in [9.17, 15) is 0 Å². The average Bonchev–Trinajstić information content (AvgIpc) is 3.05. The summed E-state index contributed by atoms with van der Waals surface area (Å²) < 4.78 is 6.10. The number of ether oxygens (including phenoxy) is 1. The second-order valence-corrected chi connectivity index (χ2v) is 11.9. The Balaban J connectivity index is 1.20. The van der Waals surface area contributed by atoms with E-state index in [1.54, 1.807) is 0 Å². The molecule has 0 bridgehead atoms. The summed E-state index contributed by atoms with van der Waals surface area (Å²) in [5, 5.41) is 2.61. The van der Waals surface area contributed by atoms with Crippen LogP contribution in [-0.4, -0.2) is 6.61 Å². The predicted octanol–water partition coefficient (Wildman–Crippen LogP) is 11.2. The molecule has 0 aliphatic heterocycles. The molecule has 5 aromatic rings. The summed E-state index contributed by atoms with van der Waals surface area (Å²) in [6.07, 6.45) is 4.33. The third-order valence-electron chi connectivity index (χ3n) is 8.79. The Hall–Kier alpha value is -3.39. The Bertz CT molecular complexity index is 1500. The quantitative estimate of drug-likeness (QED) is 0.0946. The SMILES string of the molecule is CCC(CC(CC(C)c1ccc(COCCc2cccc3ccccc23)cc1)c1ccc(CCl)cc1)c1ccccc1. The van der Waals surface area contributed by atoms with Crippen molar-refractivity contribution in [2.24, 2.45) is 0 Å². The monoisotopic (exact) mass is 574 g/mol. The van der Waals surface area contributed by atoms with Crippen LogP contribution in [-0.2, 0) is 23.6 Å². The standard InChI is InChI=1S/C40H43ClO/c1-3-33(35-10-5-4-6-11-35)27-39(36-22-16-31(28-41)17-23-36)26-30(2)34-20-18-32(19-21-34)29-42-25-24-38-14-9-13-37-12-7-8-15-40(37)38/h4-23,30,33,39H,3,24-29H2,1-2H3. The van der Waals surface area contributed by atoms with Crippen LogP contribution in [0.3, 0.4) is 0 Å². The molecule has 0 N–H and O–H groups in total. The molecule has 5 aromatic carbocycles. The summed E-state index contributed by atoms with van der Waals surface area (Å²) in [4.78, 5) is 0. The first-order valence-corrected chi connectivity index (χ1v) is 16.0. The molecular weight excluding hydrogens is 532 g/mol. The summed E-state index contributed by atoms with van der Waals surface area (Å²) in [6, 6.07) is 44.2. The van der Waals surface area contributed by atoms with Gasteiger partial charge in [0.2, 0.25) is 0 Å². The van der Waals surface area contributed by atoms with Crippen LogP contribution in [0, 0.1) is 0 Å². The number of rotatable bonds is 14. The number of halogens is 1. The van der Waals surface area contributed by atoms with Crippen LogP contribution in [0.4, 0.5) is 0 Å². The van der Waals surface area contributed by atoms with Crippen molar-refractivity contribution in [3.8, 4) is 0 Å². The lowest BCUT2D eigenvalue weighted by Gasteiger charge is -2.27. The lowest BCUT2D eigenvalue weighted by atomic mass is 9.78. The van der Waals surface area contributed by atoms with Crippen LogP contribution < -0.4 is 0 Å². The molecule has 0 saturated carbocycles. The van der Waals surface area contributed by atoms with Gasteiger partial charge in [0.25, 0.3) is 0 Å². The van der Waals surface area contributed by atoms with Gasteiger partial charge in [-0.25, -0.2) is 0 Å². The van der Waals surface area contributed by atoms with E-state index < -0.39 is 0 Å². The summed E-state index contributed by atoms with van der Waals surface area (Å²) in [6.45, 7) is 6.05. The maximum absolute atomic E-state index is 6.10. The first-order chi connectivity index (χ1) is 20.6. The van der Waals surface area contributed by atoms with Crippen LogP contribution in [0.1, 0.15) is 84.2 Å². The van der Waals surface area contributed by atoms with Crippen molar-refractivity contribution in [3.05, 3.63) is 155 Å². The zero-order valence-electron chi connectivity index (χ0n) is 25.0. The molecule has 216 valence electrons. The molecular formula is C40H43ClO. The number of benzene rings is 5. The zero-order chi connectivity index (χ0) is 29.1. The molecule has 0 amide bonds. The molecule has 0 saturated heterocycles. The highest BCUT2D eigenvalue weighted by molar-refractivity contribution is 6.17. The maximum atomic E-state index is 6.10. The molecule has 0 aliphatic rings.